The van der Waals surface area contributed by atoms with Crippen molar-refractivity contribution in [3.63, 3.8) is 0 Å². The van der Waals surface area contributed by atoms with Crippen LogP contribution in [0.4, 0.5) is 5.13 Å². The van der Waals surface area contributed by atoms with Crippen LogP contribution in [-0.2, 0) is 6.54 Å². The van der Waals surface area contributed by atoms with Gasteiger partial charge in [-0.15, -0.1) is 0 Å². The summed E-state index contributed by atoms with van der Waals surface area (Å²) in [4.78, 5) is 20.7. The number of hydrazine groups is 1. The van der Waals surface area contributed by atoms with Crippen LogP contribution in [0.15, 0.2) is 17.1 Å². The second-order valence-corrected chi connectivity index (χ2v) is 4.80. The lowest BCUT2D eigenvalue weighted by molar-refractivity contribution is 0.700. The fourth-order valence-electron chi connectivity index (χ4n) is 1.57. The Morgan fingerprint density at radius 1 is 1.53 bits per heavy atom. The topological polar surface area (TPSA) is 85.8 Å². The van der Waals surface area contributed by atoms with Gasteiger partial charge >= 0.3 is 5.69 Å². The average Bonchev–Trinajstić information content (AvgIpc) is 2.71. The summed E-state index contributed by atoms with van der Waals surface area (Å²) < 4.78 is 1.61. The van der Waals surface area contributed by atoms with Gasteiger partial charge in [-0.1, -0.05) is 11.3 Å². The van der Waals surface area contributed by atoms with E-state index >= 15 is 0 Å². The molecule has 0 amide bonds. The Balaban J connectivity index is 2.33. The first kappa shape index (κ1) is 11.7. The van der Waals surface area contributed by atoms with Gasteiger partial charge in [-0.2, -0.15) is 4.98 Å². The number of hydrogen-bond donors (Lipinski definition) is 2. The Kier molecular flexibility index (Phi) is 3.21. The van der Waals surface area contributed by atoms with Crippen molar-refractivity contribution in [3.05, 3.63) is 39.0 Å². The molecular formula is C10H13N5OS. The highest BCUT2D eigenvalue weighted by Gasteiger charge is 2.06. The lowest BCUT2D eigenvalue weighted by atomic mass is 10.3. The summed E-state index contributed by atoms with van der Waals surface area (Å²) in [7, 11) is 0. The maximum absolute atomic E-state index is 11.7. The Bertz CT molecular complexity index is 589. The van der Waals surface area contributed by atoms with E-state index in [1.54, 1.807) is 10.8 Å². The van der Waals surface area contributed by atoms with Crippen molar-refractivity contribution in [2.45, 2.75) is 20.4 Å². The number of aromatic nitrogens is 3. The Labute approximate surface area is 102 Å². The highest BCUT2D eigenvalue weighted by Crippen LogP contribution is 2.17. The summed E-state index contributed by atoms with van der Waals surface area (Å²) in [5, 5.41) is 0.630. The van der Waals surface area contributed by atoms with Gasteiger partial charge in [0.05, 0.1) is 6.54 Å². The van der Waals surface area contributed by atoms with Gasteiger partial charge in [-0.05, 0) is 19.9 Å². The normalized spacial score (nSPS) is 10.5. The second-order valence-electron chi connectivity index (χ2n) is 3.68. The molecule has 0 atom stereocenters. The molecule has 0 bridgehead atoms. The third-order valence-electron chi connectivity index (χ3n) is 2.34. The number of nitrogens with zero attached hydrogens (tertiary/aromatic N) is 3. The SMILES string of the molecule is Cc1cc(C)n(Cc2cnc(NN)s2)c(=O)n1. The van der Waals surface area contributed by atoms with E-state index in [-0.39, 0.29) is 5.69 Å². The average molecular weight is 251 g/mol. The maximum atomic E-state index is 11.7. The predicted octanol–water partition coefficient (Wildman–Crippen LogP) is 0.651. The number of rotatable bonds is 3. The van der Waals surface area contributed by atoms with E-state index in [0.29, 0.717) is 11.7 Å². The standard InChI is InChI=1S/C10H13N5OS/c1-6-3-7(2)15(10(16)13-6)5-8-4-12-9(14-11)17-8/h3-4H,5,11H2,1-2H3,(H,12,14). The van der Waals surface area contributed by atoms with Gasteiger partial charge in [-0.25, -0.2) is 15.6 Å². The Morgan fingerprint density at radius 3 is 2.88 bits per heavy atom. The molecule has 0 fully saturated rings. The molecule has 0 spiro atoms. The maximum Gasteiger partial charge on any atom is 0.348 e. The van der Waals surface area contributed by atoms with Crippen LogP contribution in [0.2, 0.25) is 0 Å². The van der Waals surface area contributed by atoms with Crippen molar-refractivity contribution in [3.8, 4) is 0 Å². The van der Waals surface area contributed by atoms with Crippen LogP contribution < -0.4 is 17.0 Å². The van der Waals surface area contributed by atoms with E-state index < -0.39 is 0 Å². The Hall–Kier alpha value is -1.73. The fraction of sp³-hybridized carbons (Fsp3) is 0.300. The predicted molar refractivity (Wildman–Crippen MR) is 67.0 cm³/mol. The molecule has 0 aromatic carbocycles. The number of hydrogen-bond acceptors (Lipinski definition) is 6. The van der Waals surface area contributed by atoms with Crippen molar-refractivity contribution in [2.75, 3.05) is 5.43 Å². The van der Waals surface area contributed by atoms with Crippen LogP contribution in [0.25, 0.3) is 0 Å². The first-order valence-electron chi connectivity index (χ1n) is 5.06. The molecule has 2 aromatic rings. The van der Waals surface area contributed by atoms with Crippen molar-refractivity contribution in [1.29, 1.82) is 0 Å². The van der Waals surface area contributed by atoms with Crippen molar-refractivity contribution >= 4 is 16.5 Å². The number of thiazole rings is 1. The van der Waals surface area contributed by atoms with Gasteiger partial charge in [0.2, 0.25) is 0 Å². The number of anilines is 1. The summed E-state index contributed by atoms with van der Waals surface area (Å²) in [6.45, 7) is 4.17. The first-order chi connectivity index (χ1) is 8.10. The summed E-state index contributed by atoms with van der Waals surface area (Å²) in [5.74, 6) is 5.25. The van der Waals surface area contributed by atoms with Crippen LogP contribution in [-0.4, -0.2) is 14.5 Å². The molecule has 7 heteroatoms. The minimum atomic E-state index is -0.238. The molecule has 0 unspecified atom stereocenters. The fourth-order valence-corrected chi connectivity index (χ4v) is 2.28. The van der Waals surface area contributed by atoms with Crippen LogP contribution in [0.5, 0.6) is 0 Å². The van der Waals surface area contributed by atoms with Gasteiger partial charge in [-0.3, -0.25) is 9.99 Å². The number of nitrogens with one attached hydrogen (secondary N) is 1. The summed E-state index contributed by atoms with van der Waals surface area (Å²) >= 11 is 1.41. The van der Waals surface area contributed by atoms with E-state index in [9.17, 15) is 4.79 Å². The second kappa shape index (κ2) is 4.64. The molecule has 6 nitrogen and oxygen atoms in total. The first-order valence-corrected chi connectivity index (χ1v) is 5.88. The molecule has 0 saturated heterocycles. The van der Waals surface area contributed by atoms with E-state index in [4.69, 9.17) is 5.84 Å². The van der Waals surface area contributed by atoms with Gasteiger partial charge < -0.3 is 0 Å². The molecule has 3 N–H and O–H groups in total. The van der Waals surface area contributed by atoms with Crippen LogP contribution in [0.1, 0.15) is 16.3 Å². The molecule has 2 heterocycles. The summed E-state index contributed by atoms with van der Waals surface area (Å²) in [6, 6.07) is 1.88. The van der Waals surface area contributed by atoms with Gasteiger partial charge in [0.25, 0.3) is 0 Å². The van der Waals surface area contributed by atoms with Gasteiger partial charge in [0.15, 0.2) is 5.13 Å². The summed E-state index contributed by atoms with van der Waals surface area (Å²) in [5.41, 5.74) is 3.86. The van der Waals surface area contributed by atoms with Crippen molar-refractivity contribution < 1.29 is 0 Å². The van der Waals surface area contributed by atoms with Crippen LogP contribution >= 0.6 is 11.3 Å². The van der Waals surface area contributed by atoms with E-state index in [1.807, 2.05) is 19.9 Å². The van der Waals surface area contributed by atoms with Crippen molar-refractivity contribution in [1.82, 2.24) is 14.5 Å². The lowest BCUT2D eigenvalue weighted by Crippen LogP contribution is -2.25. The third-order valence-corrected chi connectivity index (χ3v) is 3.25. The zero-order valence-electron chi connectivity index (χ0n) is 9.60. The lowest BCUT2D eigenvalue weighted by Gasteiger charge is -2.07. The molecule has 0 aliphatic carbocycles. The Morgan fingerprint density at radius 2 is 2.29 bits per heavy atom. The molecule has 2 rings (SSSR count). The van der Waals surface area contributed by atoms with Crippen LogP contribution in [0.3, 0.4) is 0 Å². The molecule has 0 radical (unpaired) electrons. The monoisotopic (exact) mass is 251 g/mol. The highest BCUT2D eigenvalue weighted by atomic mass is 32.1. The van der Waals surface area contributed by atoms with Gasteiger partial charge in [0.1, 0.15) is 0 Å². The number of nitrogen functional groups attached to an aromatic ring is 1. The minimum Gasteiger partial charge on any atom is -0.300 e. The molecule has 0 aliphatic heterocycles. The molecule has 0 aliphatic rings. The molecule has 90 valence electrons. The summed E-state index contributed by atoms with van der Waals surface area (Å²) in [6.07, 6.45) is 1.70. The molecule has 2 aromatic heterocycles. The largest absolute Gasteiger partial charge is 0.348 e. The van der Waals surface area contributed by atoms with Crippen molar-refractivity contribution in [2.24, 2.45) is 5.84 Å². The zero-order valence-corrected chi connectivity index (χ0v) is 10.4. The quantitative estimate of drug-likeness (QED) is 0.618. The highest BCUT2D eigenvalue weighted by molar-refractivity contribution is 7.15. The van der Waals surface area contributed by atoms with E-state index in [2.05, 4.69) is 15.4 Å². The van der Waals surface area contributed by atoms with Crippen LogP contribution in [0, 0.1) is 13.8 Å². The third kappa shape index (κ3) is 2.51. The number of aryl methyl sites for hydroxylation is 2. The molecule has 0 saturated carbocycles. The molecular weight excluding hydrogens is 238 g/mol. The number of nitrogens with two attached hydrogens (primary N) is 1. The zero-order chi connectivity index (χ0) is 12.4. The minimum absolute atomic E-state index is 0.238. The van der Waals surface area contributed by atoms with Gasteiger partial charge in [0, 0.05) is 22.5 Å². The van der Waals surface area contributed by atoms with E-state index in [0.717, 1.165) is 16.3 Å². The molecule has 17 heavy (non-hydrogen) atoms. The van der Waals surface area contributed by atoms with E-state index in [1.165, 1.54) is 11.3 Å². The smallest absolute Gasteiger partial charge is 0.300 e.